The Morgan fingerprint density at radius 1 is 1.03 bits per heavy atom. The van der Waals surface area contributed by atoms with Crippen LogP contribution in [0.5, 0.6) is 0 Å². The van der Waals surface area contributed by atoms with Crippen LogP contribution in [0.25, 0.3) is 5.65 Å². The zero-order valence-corrected chi connectivity index (χ0v) is 22.1. The van der Waals surface area contributed by atoms with E-state index in [4.69, 9.17) is 11.6 Å². The van der Waals surface area contributed by atoms with Crippen molar-refractivity contribution in [1.82, 2.24) is 19.6 Å². The Kier molecular flexibility index (Phi) is 8.12. The van der Waals surface area contributed by atoms with Crippen molar-refractivity contribution in [2.24, 2.45) is 5.92 Å². The van der Waals surface area contributed by atoms with Gasteiger partial charge in [-0.2, -0.15) is 0 Å². The predicted octanol–water partition coefficient (Wildman–Crippen LogP) is 5.57. The van der Waals surface area contributed by atoms with E-state index in [1.807, 2.05) is 13.0 Å². The number of hydrogen-bond donors (Lipinski definition) is 1. The molecule has 3 heterocycles. The number of nitrogens with zero attached hydrogens (tertiary/aromatic N) is 4. The molecule has 1 amide bonds. The number of carbonyl (C=O) groups is 1. The van der Waals surface area contributed by atoms with E-state index in [2.05, 4.69) is 44.4 Å². The van der Waals surface area contributed by atoms with Crippen LogP contribution in [-0.4, -0.2) is 52.9 Å². The van der Waals surface area contributed by atoms with Crippen LogP contribution in [-0.2, 0) is 13.0 Å². The summed E-state index contributed by atoms with van der Waals surface area (Å²) in [6, 6.07) is 12.3. The molecule has 192 valence electrons. The highest BCUT2D eigenvalue weighted by Gasteiger charge is 2.20. The van der Waals surface area contributed by atoms with Crippen molar-refractivity contribution in [3.05, 3.63) is 64.6 Å². The number of hydrogen-bond acceptors (Lipinski definition) is 4. The molecule has 0 bridgehead atoms. The smallest absolute Gasteiger partial charge is 0.270 e. The number of rotatable bonds is 8. The number of pyridine rings is 1. The molecule has 6 nitrogen and oxygen atoms in total. The number of aryl methyl sites for hydroxylation is 1. The highest BCUT2D eigenvalue weighted by Crippen LogP contribution is 2.27. The van der Waals surface area contributed by atoms with E-state index in [1.54, 1.807) is 16.7 Å². The van der Waals surface area contributed by atoms with E-state index in [0.717, 1.165) is 49.0 Å². The number of fused-ring (bicyclic) bond motifs is 1. The van der Waals surface area contributed by atoms with E-state index < -0.39 is 0 Å². The van der Waals surface area contributed by atoms with E-state index in [-0.39, 0.29) is 5.91 Å². The zero-order chi connectivity index (χ0) is 24.9. The summed E-state index contributed by atoms with van der Waals surface area (Å²) in [4.78, 5) is 22.8. The highest BCUT2D eigenvalue weighted by atomic mass is 35.5. The molecule has 36 heavy (non-hydrogen) atoms. The van der Waals surface area contributed by atoms with Crippen molar-refractivity contribution in [1.29, 1.82) is 0 Å². The maximum absolute atomic E-state index is 13.1. The zero-order valence-electron chi connectivity index (χ0n) is 21.4. The number of carbonyl (C=O) groups excluding carboxylic acids is 1. The van der Waals surface area contributed by atoms with Crippen molar-refractivity contribution in [2.75, 3.05) is 37.6 Å². The fraction of sp³-hybridized carbons (Fsp3) is 0.517. The van der Waals surface area contributed by atoms with Gasteiger partial charge in [-0.25, -0.2) is 4.98 Å². The van der Waals surface area contributed by atoms with Gasteiger partial charge in [-0.1, -0.05) is 62.8 Å². The third-order valence-electron chi connectivity index (χ3n) is 7.91. The molecule has 1 aromatic carbocycles. The first-order valence-electron chi connectivity index (χ1n) is 13.6. The van der Waals surface area contributed by atoms with Crippen LogP contribution < -0.4 is 10.2 Å². The molecule has 2 aromatic heterocycles. The molecule has 3 aromatic rings. The van der Waals surface area contributed by atoms with Crippen LogP contribution >= 0.6 is 11.6 Å². The molecule has 7 heteroatoms. The second kappa shape index (κ2) is 11.7. The van der Waals surface area contributed by atoms with Crippen molar-refractivity contribution in [3.63, 3.8) is 0 Å². The number of benzene rings is 1. The summed E-state index contributed by atoms with van der Waals surface area (Å²) in [5.41, 5.74) is 4.43. The van der Waals surface area contributed by atoms with Crippen LogP contribution in [0.1, 0.15) is 67.2 Å². The average molecular weight is 508 g/mol. The van der Waals surface area contributed by atoms with Gasteiger partial charge in [0.05, 0.1) is 10.7 Å². The van der Waals surface area contributed by atoms with Gasteiger partial charge in [0.15, 0.2) is 0 Å². The summed E-state index contributed by atoms with van der Waals surface area (Å²) < 4.78 is 1.79. The summed E-state index contributed by atoms with van der Waals surface area (Å²) in [7, 11) is 0. The maximum atomic E-state index is 13.1. The fourth-order valence-corrected chi connectivity index (χ4v) is 5.88. The second-order valence-corrected chi connectivity index (χ2v) is 10.7. The van der Waals surface area contributed by atoms with E-state index in [0.29, 0.717) is 23.7 Å². The molecule has 1 saturated heterocycles. The van der Waals surface area contributed by atoms with Gasteiger partial charge in [0, 0.05) is 44.6 Å². The lowest BCUT2D eigenvalue weighted by Crippen LogP contribution is -2.46. The molecule has 0 spiro atoms. The lowest BCUT2D eigenvalue weighted by molar-refractivity contribution is 0.0944. The normalized spacial score (nSPS) is 17.6. The molecule has 1 aliphatic carbocycles. The Morgan fingerprint density at radius 3 is 2.50 bits per heavy atom. The van der Waals surface area contributed by atoms with E-state index >= 15 is 0 Å². The number of piperazine rings is 1. The number of halogens is 1. The molecule has 1 aliphatic heterocycles. The Labute approximate surface area is 219 Å². The van der Waals surface area contributed by atoms with Crippen LogP contribution in [0, 0.1) is 5.92 Å². The van der Waals surface area contributed by atoms with E-state index in [1.165, 1.54) is 50.8 Å². The first kappa shape index (κ1) is 25.1. The number of nitrogens with one attached hydrogen (secondary N) is 1. The third kappa shape index (κ3) is 5.87. The summed E-state index contributed by atoms with van der Waals surface area (Å²) >= 11 is 6.17. The predicted molar refractivity (Wildman–Crippen MR) is 147 cm³/mol. The van der Waals surface area contributed by atoms with E-state index in [9.17, 15) is 4.79 Å². The minimum Gasteiger partial charge on any atom is -0.369 e. The van der Waals surface area contributed by atoms with Crippen LogP contribution in [0.3, 0.4) is 0 Å². The number of imidazole rings is 1. The Morgan fingerprint density at radius 2 is 1.78 bits per heavy atom. The van der Waals surface area contributed by atoms with Gasteiger partial charge in [-0.3, -0.25) is 14.1 Å². The Balaban J connectivity index is 1.12. The van der Waals surface area contributed by atoms with Crippen LogP contribution in [0.2, 0.25) is 5.02 Å². The molecule has 5 rings (SSSR count). The summed E-state index contributed by atoms with van der Waals surface area (Å²) in [6.07, 6.45) is 11.0. The first-order chi connectivity index (χ1) is 17.6. The Bertz CT molecular complexity index is 1160. The van der Waals surface area contributed by atoms with Crippen molar-refractivity contribution < 1.29 is 4.79 Å². The molecule has 2 fully saturated rings. The van der Waals surface area contributed by atoms with Crippen molar-refractivity contribution in [2.45, 2.75) is 58.4 Å². The molecule has 0 unspecified atom stereocenters. The quantitative estimate of drug-likeness (QED) is 0.433. The largest absolute Gasteiger partial charge is 0.369 e. The van der Waals surface area contributed by atoms with Gasteiger partial charge in [0.25, 0.3) is 5.91 Å². The summed E-state index contributed by atoms with van der Waals surface area (Å²) in [6.45, 7) is 8.20. The molecule has 2 aliphatic rings. The van der Waals surface area contributed by atoms with Gasteiger partial charge in [-0.15, -0.1) is 0 Å². The monoisotopic (exact) mass is 507 g/mol. The SMILES string of the molecule is CCc1nc2ccc(Cl)cn2c1C(=O)NCc1ccc(N2CCN(CCC3CCCCC3)CC2)cc1. The standard InChI is InChI=1S/C29H38ClN5O/c1-2-26-28(35-21-24(30)10-13-27(35)32-26)29(36)31-20-23-8-11-25(12-9-23)34-18-16-33(17-19-34)15-14-22-6-4-3-5-7-22/h8-13,21-22H,2-7,14-20H2,1H3,(H,31,36). The molecule has 0 atom stereocenters. The number of aromatic nitrogens is 2. The number of amides is 1. The molecular weight excluding hydrogens is 470 g/mol. The molecule has 0 radical (unpaired) electrons. The fourth-order valence-electron chi connectivity index (χ4n) is 5.72. The van der Waals surface area contributed by atoms with Crippen LogP contribution in [0.4, 0.5) is 5.69 Å². The highest BCUT2D eigenvalue weighted by molar-refractivity contribution is 6.30. The average Bonchev–Trinajstić information content (AvgIpc) is 3.29. The van der Waals surface area contributed by atoms with Gasteiger partial charge >= 0.3 is 0 Å². The molecular formula is C29H38ClN5O. The number of anilines is 1. The lowest BCUT2D eigenvalue weighted by Gasteiger charge is -2.37. The minimum absolute atomic E-state index is 0.130. The van der Waals surface area contributed by atoms with Gasteiger partial charge in [0.1, 0.15) is 11.3 Å². The van der Waals surface area contributed by atoms with Gasteiger partial charge in [-0.05, 0) is 55.1 Å². The van der Waals surface area contributed by atoms with Crippen LogP contribution in [0.15, 0.2) is 42.6 Å². The van der Waals surface area contributed by atoms with Crippen molar-refractivity contribution >= 4 is 28.8 Å². The first-order valence-corrected chi connectivity index (χ1v) is 14.0. The van der Waals surface area contributed by atoms with Crippen molar-refractivity contribution in [3.8, 4) is 0 Å². The summed E-state index contributed by atoms with van der Waals surface area (Å²) in [5.74, 6) is 0.832. The summed E-state index contributed by atoms with van der Waals surface area (Å²) in [5, 5.41) is 3.65. The lowest BCUT2D eigenvalue weighted by atomic mass is 9.87. The Hall–Kier alpha value is -2.57. The van der Waals surface area contributed by atoms with Gasteiger partial charge < -0.3 is 10.2 Å². The second-order valence-electron chi connectivity index (χ2n) is 10.3. The van der Waals surface area contributed by atoms with Gasteiger partial charge in [0.2, 0.25) is 0 Å². The third-order valence-corrected chi connectivity index (χ3v) is 8.13. The molecule has 1 saturated carbocycles. The minimum atomic E-state index is -0.130. The topological polar surface area (TPSA) is 52.9 Å². The molecule has 1 N–H and O–H groups in total. The maximum Gasteiger partial charge on any atom is 0.270 e.